The maximum absolute atomic E-state index is 11.2. The Balaban J connectivity index is 2.78. The molecule has 0 aliphatic carbocycles. The van der Waals surface area contributed by atoms with E-state index in [9.17, 15) is 13.2 Å². The first-order valence-corrected chi connectivity index (χ1v) is 5.90. The van der Waals surface area contributed by atoms with Crippen LogP contribution in [-0.2, 0) is 14.8 Å². The molecule has 0 fully saturated rings. The third-order valence-corrected chi connectivity index (χ3v) is 2.86. The number of carboxylic acids is 1. The lowest BCUT2D eigenvalue weighted by atomic mass is 10.3. The summed E-state index contributed by atoms with van der Waals surface area (Å²) < 4.78 is 24.5. The van der Waals surface area contributed by atoms with Crippen molar-refractivity contribution >= 4 is 33.3 Å². The average molecular weight is 250 g/mol. The van der Waals surface area contributed by atoms with Gasteiger partial charge < -0.3 is 5.11 Å². The molecule has 0 bridgehead atoms. The Bertz CT molecular complexity index is 454. The first kappa shape index (κ1) is 11.8. The van der Waals surface area contributed by atoms with Gasteiger partial charge in [0, 0.05) is 10.7 Å². The summed E-state index contributed by atoms with van der Waals surface area (Å²) in [5.74, 6) is -2.37. The molecule has 0 unspecified atom stereocenters. The van der Waals surface area contributed by atoms with Crippen LogP contribution in [0.2, 0.25) is 5.02 Å². The lowest BCUT2D eigenvalue weighted by Gasteiger charge is -2.05. The molecular weight excluding hydrogens is 242 g/mol. The van der Waals surface area contributed by atoms with Gasteiger partial charge in [-0.25, -0.2) is 8.42 Å². The van der Waals surface area contributed by atoms with E-state index in [0.29, 0.717) is 5.02 Å². The molecule has 1 aromatic rings. The van der Waals surface area contributed by atoms with Gasteiger partial charge in [0.1, 0.15) is 0 Å². The quantitative estimate of drug-likeness (QED) is 0.839. The Morgan fingerprint density at radius 3 is 2.33 bits per heavy atom. The predicted octanol–water partition coefficient (Wildman–Crippen LogP) is 1.17. The number of aliphatic carboxylic acids is 1. The van der Waals surface area contributed by atoms with E-state index in [4.69, 9.17) is 16.7 Å². The molecule has 0 radical (unpaired) electrons. The second kappa shape index (κ2) is 4.50. The van der Waals surface area contributed by atoms with Crippen LogP contribution in [0.1, 0.15) is 0 Å². The molecule has 15 heavy (non-hydrogen) atoms. The fourth-order valence-electron chi connectivity index (χ4n) is 0.896. The summed E-state index contributed by atoms with van der Waals surface area (Å²) in [6.45, 7) is 0. The van der Waals surface area contributed by atoms with Gasteiger partial charge in [-0.1, -0.05) is 11.6 Å². The fourth-order valence-corrected chi connectivity index (χ4v) is 1.91. The summed E-state index contributed by atoms with van der Waals surface area (Å²) in [5, 5.41) is 8.80. The van der Waals surface area contributed by atoms with E-state index in [1.165, 1.54) is 24.3 Å². The van der Waals surface area contributed by atoms with Crippen LogP contribution < -0.4 is 4.72 Å². The number of rotatable bonds is 4. The van der Waals surface area contributed by atoms with Crippen LogP contribution in [0, 0.1) is 0 Å². The first-order valence-electron chi connectivity index (χ1n) is 3.87. The van der Waals surface area contributed by atoms with Gasteiger partial charge in [0.05, 0.1) is 0 Å². The summed E-state index contributed by atoms with van der Waals surface area (Å²) >= 11 is 5.60. The van der Waals surface area contributed by atoms with Crippen molar-refractivity contribution in [2.75, 3.05) is 10.5 Å². The number of benzene rings is 1. The molecule has 0 aromatic heterocycles. The Kier molecular flexibility index (Phi) is 3.54. The van der Waals surface area contributed by atoms with Gasteiger partial charge in [-0.2, -0.15) is 0 Å². The normalized spacial score (nSPS) is 11.0. The monoisotopic (exact) mass is 249 g/mol. The highest BCUT2D eigenvalue weighted by atomic mass is 35.5. The van der Waals surface area contributed by atoms with Crippen molar-refractivity contribution in [2.24, 2.45) is 0 Å². The van der Waals surface area contributed by atoms with Crippen LogP contribution in [0.5, 0.6) is 0 Å². The fraction of sp³-hybridized carbons (Fsp3) is 0.125. The van der Waals surface area contributed by atoms with E-state index >= 15 is 0 Å². The zero-order chi connectivity index (χ0) is 11.5. The SMILES string of the molecule is O=C(O)CS(=O)(=O)Nc1ccc(Cl)cc1. The molecule has 0 atom stereocenters. The number of nitrogens with one attached hydrogen (secondary N) is 1. The third-order valence-electron chi connectivity index (χ3n) is 1.43. The minimum Gasteiger partial charge on any atom is -0.480 e. The van der Waals surface area contributed by atoms with Crippen LogP contribution in [0.15, 0.2) is 24.3 Å². The highest BCUT2D eigenvalue weighted by Crippen LogP contribution is 2.14. The number of carbonyl (C=O) groups is 1. The lowest BCUT2D eigenvalue weighted by molar-refractivity contribution is -0.134. The lowest BCUT2D eigenvalue weighted by Crippen LogP contribution is -2.22. The number of carboxylic acid groups (broad SMARTS) is 1. The Hall–Kier alpha value is -1.27. The number of sulfonamides is 1. The molecule has 1 rings (SSSR count). The smallest absolute Gasteiger partial charge is 0.320 e. The van der Waals surface area contributed by atoms with E-state index in [1.54, 1.807) is 0 Å². The van der Waals surface area contributed by atoms with Gasteiger partial charge in [-0.3, -0.25) is 9.52 Å². The topological polar surface area (TPSA) is 83.5 Å². The van der Waals surface area contributed by atoms with Crippen molar-refractivity contribution in [3.8, 4) is 0 Å². The molecule has 0 saturated heterocycles. The van der Waals surface area contributed by atoms with E-state index in [0.717, 1.165) is 0 Å². The van der Waals surface area contributed by atoms with Crippen LogP contribution in [0.3, 0.4) is 0 Å². The van der Waals surface area contributed by atoms with E-state index in [2.05, 4.69) is 4.72 Å². The molecule has 2 N–H and O–H groups in total. The maximum atomic E-state index is 11.2. The van der Waals surface area contributed by atoms with Gasteiger partial charge in [0.15, 0.2) is 5.75 Å². The largest absolute Gasteiger partial charge is 0.480 e. The van der Waals surface area contributed by atoms with Crippen molar-refractivity contribution in [1.82, 2.24) is 0 Å². The Morgan fingerprint density at radius 1 is 1.33 bits per heavy atom. The molecule has 0 spiro atoms. The van der Waals surface area contributed by atoms with Gasteiger partial charge in [-0.15, -0.1) is 0 Å². The molecule has 82 valence electrons. The minimum absolute atomic E-state index is 0.278. The molecule has 7 heteroatoms. The zero-order valence-corrected chi connectivity index (χ0v) is 9.05. The molecule has 0 saturated carbocycles. The van der Waals surface area contributed by atoms with Gasteiger partial charge in [0.25, 0.3) is 0 Å². The summed E-state index contributed by atoms with van der Waals surface area (Å²) in [4.78, 5) is 10.2. The standard InChI is InChI=1S/C8H8ClNO4S/c9-6-1-3-7(4-2-6)10-15(13,14)5-8(11)12/h1-4,10H,5H2,(H,11,12). The van der Waals surface area contributed by atoms with Crippen molar-refractivity contribution < 1.29 is 18.3 Å². The summed E-state index contributed by atoms with van der Waals surface area (Å²) in [5.41, 5.74) is 0.278. The van der Waals surface area contributed by atoms with E-state index < -0.39 is 21.7 Å². The molecule has 0 aliphatic rings. The zero-order valence-electron chi connectivity index (χ0n) is 7.47. The second-order valence-electron chi connectivity index (χ2n) is 2.76. The van der Waals surface area contributed by atoms with Crippen molar-refractivity contribution in [1.29, 1.82) is 0 Å². The highest BCUT2D eigenvalue weighted by molar-refractivity contribution is 7.93. The average Bonchev–Trinajstić information content (AvgIpc) is 2.06. The predicted molar refractivity (Wildman–Crippen MR) is 56.5 cm³/mol. The minimum atomic E-state index is -3.84. The van der Waals surface area contributed by atoms with Crippen LogP contribution >= 0.6 is 11.6 Å². The molecule has 0 aliphatic heterocycles. The number of hydrogen-bond acceptors (Lipinski definition) is 3. The number of hydrogen-bond donors (Lipinski definition) is 2. The van der Waals surface area contributed by atoms with Crippen molar-refractivity contribution in [2.45, 2.75) is 0 Å². The van der Waals surface area contributed by atoms with Crippen molar-refractivity contribution in [3.63, 3.8) is 0 Å². The van der Waals surface area contributed by atoms with Gasteiger partial charge in [-0.05, 0) is 24.3 Å². The highest BCUT2D eigenvalue weighted by Gasteiger charge is 2.15. The first-order chi connectivity index (χ1) is 6.89. The molecule has 5 nitrogen and oxygen atoms in total. The van der Waals surface area contributed by atoms with Crippen LogP contribution in [0.25, 0.3) is 0 Å². The van der Waals surface area contributed by atoms with Gasteiger partial charge in [0.2, 0.25) is 10.0 Å². The molecule has 1 aromatic carbocycles. The Labute approximate surface area is 91.7 Å². The van der Waals surface area contributed by atoms with Crippen LogP contribution in [-0.4, -0.2) is 25.2 Å². The number of halogens is 1. The third kappa shape index (κ3) is 4.18. The molecule has 0 heterocycles. The van der Waals surface area contributed by atoms with Crippen molar-refractivity contribution in [3.05, 3.63) is 29.3 Å². The summed E-state index contributed by atoms with van der Waals surface area (Å²) in [6.07, 6.45) is 0. The number of anilines is 1. The van der Waals surface area contributed by atoms with E-state index in [-0.39, 0.29) is 5.69 Å². The Morgan fingerprint density at radius 2 is 1.87 bits per heavy atom. The summed E-state index contributed by atoms with van der Waals surface area (Å²) in [7, 11) is -3.84. The maximum Gasteiger partial charge on any atom is 0.320 e. The summed E-state index contributed by atoms with van der Waals surface area (Å²) in [6, 6.07) is 5.89. The molecule has 0 amide bonds. The van der Waals surface area contributed by atoms with E-state index in [1.807, 2.05) is 0 Å². The van der Waals surface area contributed by atoms with Crippen LogP contribution in [0.4, 0.5) is 5.69 Å². The van der Waals surface area contributed by atoms with Gasteiger partial charge >= 0.3 is 5.97 Å². The second-order valence-corrected chi connectivity index (χ2v) is 4.92. The molecular formula is C8H8ClNO4S.